The summed E-state index contributed by atoms with van der Waals surface area (Å²) >= 11 is 1.97. The molecule has 2 heterocycles. The molecular weight excluding hydrogens is 206 g/mol. The van der Waals surface area contributed by atoms with E-state index in [9.17, 15) is 0 Å². The first kappa shape index (κ1) is 11.1. The molecule has 1 aromatic heterocycles. The molecule has 1 saturated heterocycles. The molecular formula is C12H19NOS. The van der Waals surface area contributed by atoms with Crippen LogP contribution in [0.4, 0.5) is 0 Å². The van der Waals surface area contributed by atoms with Crippen molar-refractivity contribution in [1.29, 1.82) is 0 Å². The Balaban J connectivity index is 1.68. The van der Waals surface area contributed by atoms with Crippen LogP contribution in [-0.2, 0) is 12.2 Å². The Hall–Kier alpha value is -0.410. The average molecular weight is 225 g/mol. The van der Waals surface area contributed by atoms with Crippen LogP contribution in [0.3, 0.4) is 0 Å². The van der Waals surface area contributed by atoms with Gasteiger partial charge in [-0.2, -0.15) is 11.8 Å². The van der Waals surface area contributed by atoms with Crippen molar-refractivity contribution in [3.8, 4) is 0 Å². The SMILES string of the molecule is CCc1ccc(CSC[C@@H]2CCCN2)o1. The zero-order chi connectivity index (χ0) is 10.5. The quantitative estimate of drug-likeness (QED) is 0.834. The van der Waals surface area contributed by atoms with E-state index in [1.54, 1.807) is 0 Å². The van der Waals surface area contributed by atoms with E-state index in [1.807, 2.05) is 11.8 Å². The summed E-state index contributed by atoms with van der Waals surface area (Å²) in [7, 11) is 0. The second kappa shape index (κ2) is 5.61. The number of nitrogens with one attached hydrogen (secondary N) is 1. The lowest BCUT2D eigenvalue weighted by Crippen LogP contribution is -2.23. The van der Waals surface area contributed by atoms with E-state index in [1.165, 1.54) is 25.1 Å². The van der Waals surface area contributed by atoms with Crippen LogP contribution in [0.25, 0.3) is 0 Å². The smallest absolute Gasteiger partial charge is 0.114 e. The van der Waals surface area contributed by atoms with E-state index in [4.69, 9.17) is 4.42 Å². The largest absolute Gasteiger partial charge is 0.465 e. The average Bonchev–Trinajstić information content (AvgIpc) is 2.88. The fourth-order valence-electron chi connectivity index (χ4n) is 1.89. The third kappa shape index (κ3) is 3.28. The minimum Gasteiger partial charge on any atom is -0.465 e. The van der Waals surface area contributed by atoms with E-state index < -0.39 is 0 Å². The molecule has 1 N–H and O–H groups in total. The number of hydrogen-bond acceptors (Lipinski definition) is 3. The Labute approximate surface area is 95.8 Å². The predicted octanol–water partition coefficient (Wildman–Crippen LogP) is 2.83. The van der Waals surface area contributed by atoms with Crippen LogP contribution in [0.1, 0.15) is 31.3 Å². The molecule has 1 aliphatic rings. The number of hydrogen-bond donors (Lipinski definition) is 1. The Bertz CT molecular complexity index is 292. The minimum absolute atomic E-state index is 0.732. The molecule has 0 radical (unpaired) electrons. The van der Waals surface area contributed by atoms with Gasteiger partial charge in [0.1, 0.15) is 11.5 Å². The van der Waals surface area contributed by atoms with E-state index >= 15 is 0 Å². The Morgan fingerprint density at radius 1 is 1.47 bits per heavy atom. The molecule has 2 nitrogen and oxygen atoms in total. The third-order valence-corrected chi connectivity index (χ3v) is 3.92. The molecule has 2 rings (SSSR count). The van der Waals surface area contributed by atoms with Crippen LogP contribution in [0, 0.1) is 0 Å². The zero-order valence-electron chi connectivity index (χ0n) is 9.29. The van der Waals surface area contributed by atoms with Gasteiger partial charge in [0.15, 0.2) is 0 Å². The summed E-state index contributed by atoms with van der Waals surface area (Å²) in [6.45, 7) is 3.32. The normalized spacial score (nSPS) is 21.0. The standard InChI is InChI=1S/C12H19NOS/c1-2-11-5-6-12(14-11)9-15-8-10-4-3-7-13-10/h5-6,10,13H,2-4,7-9H2,1H3/t10-/m0/s1. The minimum atomic E-state index is 0.732. The summed E-state index contributed by atoms with van der Waals surface area (Å²) in [5, 5.41) is 3.51. The van der Waals surface area contributed by atoms with Gasteiger partial charge in [0.05, 0.1) is 5.75 Å². The van der Waals surface area contributed by atoms with Gasteiger partial charge in [-0.3, -0.25) is 0 Å². The predicted molar refractivity (Wildman–Crippen MR) is 65.3 cm³/mol. The summed E-state index contributed by atoms with van der Waals surface area (Å²) in [5.41, 5.74) is 0. The molecule has 1 atom stereocenters. The fourth-order valence-corrected chi connectivity index (χ4v) is 2.93. The van der Waals surface area contributed by atoms with Crippen molar-refractivity contribution in [3.05, 3.63) is 23.7 Å². The van der Waals surface area contributed by atoms with Gasteiger partial charge in [0, 0.05) is 18.2 Å². The summed E-state index contributed by atoms with van der Waals surface area (Å²) < 4.78 is 5.66. The van der Waals surface area contributed by atoms with Crippen molar-refractivity contribution in [3.63, 3.8) is 0 Å². The summed E-state index contributed by atoms with van der Waals surface area (Å²) in [5.74, 6) is 4.44. The number of rotatable bonds is 5. The molecule has 0 saturated carbocycles. The number of furan rings is 1. The maximum atomic E-state index is 5.66. The Kier molecular flexibility index (Phi) is 4.15. The highest BCUT2D eigenvalue weighted by molar-refractivity contribution is 7.98. The first-order chi connectivity index (χ1) is 7.38. The molecule has 0 aliphatic carbocycles. The van der Waals surface area contributed by atoms with Gasteiger partial charge < -0.3 is 9.73 Å². The van der Waals surface area contributed by atoms with Gasteiger partial charge in [-0.05, 0) is 31.5 Å². The maximum Gasteiger partial charge on any atom is 0.114 e. The van der Waals surface area contributed by atoms with Crippen molar-refractivity contribution < 1.29 is 4.42 Å². The number of thioether (sulfide) groups is 1. The lowest BCUT2D eigenvalue weighted by Gasteiger charge is -2.07. The molecule has 1 fully saturated rings. The van der Waals surface area contributed by atoms with Gasteiger partial charge in [-0.25, -0.2) is 0 Å². The van der Waals surface area contributed by atoms with Crippen LogP contribution < -0.4 is 5.32 Å². The highest BCUT2D eigenvalue weighted by atomic mass is 32.2. The monoisotopic (exact) mass is 225 g/mol. The van der Waals surface area contributed by atoms with E-state index in [-0.39, 0.29) is 0 Å². The van der Waals surface area contributed by atoms with Gasteiger partial charge >= 0.3 is 0 Å². The van der Waals surface area contributed by atoms with E-state index in [2.05, 4.69) is 24.4 Å². The molecule has 1 aliphatic heterocycles. The highest BCUT2D eigenvalue weighted by Gasteiger charge is 2.13. The van der Waals surface area contributed by atoms with Crippen molar-refractivity contribution >= 4 is 11.8 Å². The highest BCUT2D eigenvalue weighted by Crippen LogP contribution is 2.18. The first-order valence-electron chi connectivity index (χ1n) is 5.77. The van der Waals surface area contributed by atoms with Crippen LogP contribution in [-0.4, -0.2) is 18.3 Å². The van der Waals surface area contributed by atoms with Crippen LogP contribution in [0.2, 0.25) is 0 Å². The van der Waals surface area contributed by atoms with Gasteiger partial charge in [-0.1, -0.05) is 6.92 Å². The van der Waals surface area contributed by atoms with E-state index in [0.717, 1.165) is 29.7 Å². The molecule has 0 spiro atoms. The summed E-state index contributed by atoms with van der Waals surface area (Å²) in [4.78, 5) is 0. The molecule has 0 amide bonds. The van der Waals surface area contributed by atoms with Crippen molar-refractivity contribution in [2.24, 2.45) is 0 Å². The second-order valence-electron chi connectivity index (χ2n) is 4.03. The zero-order valence-corrected chi connectivity index (χ0v) is 10.1. The third-order valence-electron chi connectivity index (χ3n) is 2.79. The first-order valence-corrected chi connectivity index (χ1v) is 6.92. The van der Waals surface area contributed by atoms with Gasteiger partial charge in [0.2, 0.25) is 0 Å². The Morgan fingerprint density at radius 3 is 3.00 bits per heavy atom. The lowest BCUT2D eigenvalue weighted by molar-refractivity contribution is 0.485. The number of aryl methyl sites for hydroxylation is 1. The summed E-state index contributed by atoms with van der Waals surface area (Å²) in [6.07, 6.45) is 3.67. The van der Waals surface area contributed by atoms with Crippen molar-refractivity contribution in [1.82, 2.24) is 5.32 Å². The van der Waals surface area contributed by atoms with Crippen molar-refractivity contribution in [2.75, 3.05) is 12.3 Å². The molecule has 0 unspecified atom stereocenters. The van der Waals surface area contributed by atoms with Crippen LogP contribution >= 0.6 is 11.8 Å². The fraction of sp³-hybridized carbons (Fsp3) is 0.667. The molecule has 0 aromatic carbocycles. The molecule has 84 valence electrons. The molecule has 15 heavy (non-hydrogen) atoms. The molecule has 0 bridgehead atoms. The molecule has 3 heteroatoms. The van der Waals surface area contributed by atoms with Gasteiger partial charge in [-0.15, -0.1) is 0 Å². The van der Waals surface area contributed by atoms with E-state index in [0.29, 0.717) is 0 Å². The van der Waals surface area contributed by atoms with Gasteiger partial charge in [0.25, 0.3) is 0 Å². The Morgan fingerprint density at radius 2 is 2.33 bits per heavy atom. The van der Waals surface area contributed by atoms with Crippen LogP contribution in [0.5, 0.6) is 0 Å². The topological polar surface area (TPSA) is 25.2 Å². The molecule has 1 aromatic rings. The maximum absolute atomic E-state index is 5.66. The van der Waals surface area contributed by atoms with Crippen LogP contribution in [0.15, 0.2) is 16.5 Å². The second-order valence-corrected chi connectivity index (χ2v) is 5.06. The summed E-state index contributed by atoms with van der Waals surface area (Å²) in [6, 6.07) is 4.92. The van der Waals surface area contributed by atoms with Crippen molar-refractivity contribution in [2.45, 2.75) is 38.0 Å². The lowest BCUT2D eigenvalue weighted by atomic mass is 10.3.